The topological polar surface area (TPSA) is 55.6 Å². The molecule has 2 aliphatic rings. The second-order valence-corrected chi connectivity index (χ2v) is 6.59. The van der Waals surface area contributed by atoms with Crippen molar-refractivity contribution in [2.45, 2.75) is 50.9 Å². The van der Waals surface area contributed by atoms with Gasteiger partial charge in [0.25, 0.3) is 0 Å². The monoisotopic (exact) mass is 284 g/mol. The summed E-state index contributed by atoms with van der Waals surface area (Å²) in [6.07, 6.45) is 4.96. The van der Waals surface area contributed by atoms with Crippen LogP contribution in [0.4, 0.5) is 0 Å². The summed E-state index contributed by atoms with van der Waals surface area (Å²) < 4.78 is 7.30. The molecule has 2 rings (SSSR count). The third-order valence-corrected chi connectivity index (χ3v) is 5.36. The zero-order valence-corrected chi connectivity index (χ0v) is 12.6. The van der Waals surface area contributed by atoms with E-state index in [0.29, 0.717) is 18.6 Å². The Bertz CT molecular complexity index is 361. The van der Waals surface area contributed by atoms with E-state index in [-0.39, 0.29) is 17.3 Å². The molecule has 0 aromatic carbocycles. The molecule has 1 saturated heterocycles. The smallest absolute Gasteiger partial charge is 0.317 e. The first-order valence-electron chi connectivity index (χ1n) is 7.13. The second-order valence-electron chi connectivity index (χ2n) is 5.45. The molecule has 108 valence electrons. The van der Waals surface area contributed by atoms with E-state index < -0.39 is 0 Å². The Labute approximate surface area is 119 Å². The highest BCUT2D eigenvalue weighted by molar-refractivity contribution is 7.98. The molecule has 0 aromatic rings. The van der Waals surface area contributed by atoms with Gasteiger partial charge < -0.3 is 14.8 Å². The molecule has 0 aromatic heterocycles. The molecule has 1 heterocycles. The number of rotatable bonds is 3. The van der Waals surface area contributed by atoms with E-state index in [1.54, 1.807) is 11.9 Å². The molecule has 2 N–H and O–H groups in total. The summed E-state index contributed by atoms with van der Waals surface area (Å²) in [4.78, 5) is 12.0. The minimum absolute atomic E-state index is 0.238. The van der Waals surface area contributed by atoms with Crippen molar-refractivity contribution in [1.82, 2.24) is 4.31 Å². The van der Waals surface area contributed by atoms with Gasteiger partial charge in [-0.15, -0.1) is 0 Å². The van der Waals surface area contributed by atoms with E-state index in [4.69, 9.17) is 10.5 Å². The Balaban J connectivity index is 2.08. The van der Waals surface area contributed by atoms with Gasteiger partial charge in [0, 0.05) is 11.7 Å². The van der Waals surface area contributed by atoms with Crippen molar-refractivity contribution in [3.63, 3.8) is 0 Å². The lowest BCUT2D eigenvalue weighted by Crippen LogP contribution is -2.36. The van der Waals surface area contributed by atoms with Crippen LogP contribution in [0.3, 0.4) is 0 Å². The third kappa shape index (κ3) is 2.92. The van der Waals surface area contributed by atoms with E-state index in [2.05, 4.69) is 17.8 Å². The van der Waals surface area contributed by atoms with Crippen molar-refractivity contribution in [3.05, 3.63) is 12.3 Å². The summed E-state index contributed by atoms with van der Waals surface area (Å²) in [6, 6.07) is 0.455. The minimum Gasteiger partial charge on any atom is -0.465 e. The molecule has 2 fully saturated rings. The Morgan fingerprint density at radius 3 is 2.84 bits per heavy atom. The molecule has 1 aliphatic carbocycles. The zero-order valence-electron chi connectivity index (χ0n) is 11.8. The van der Waals surface area contributed by atoms with Crippen molar-refractivity contribution in [3.8, 4) is 0 Å². The van der Waals surface area contributed by atoms with Crippen molar-refractivity contribution >= 4 is 17.9 Å². The van der Waals surface area contributed by atoms with E-state index in [1.165, 1.54) is 19.3 Å². The minimum atomic E-state index is -0.390. The highest BCUT2D eigenvalue weighted by Crippen LogP contribution is 2.44. The van der Waals surface area contributed by atoms with Gasteiger partial charge in [0.2, 0.25) is 0 Å². The van der Waals surface area contributed by atoms with Gasteiger partial charge in [-0.1, -0.05) is 26.3 Å². The van der Waals surface area contributed by atoms with E-state index in [9.17, 15) is 4.79 Å². The van der Waals surface area contributed by atoms with Crippen molar-refractivity contribution in [1.29, 1.82) is 0 Å². The fraction of sp³-hybridized carbons (Fsp3) is 0.786. The summed E-state index contributed by atoms with van der Waals surface area (Å²) in [5, 5.41) is -0.263. The summed E-state index contributed by atoms with van der Waals surface area (Å²) in [7, 11) is 0. The number of nitrogens with two attached hydrogens (primary N) is 1. The Hall–Kier alpha value is -0.680. The average molecular weight is 284 g/mol. The van der Waals surface area contributed by atoms with Gasteiger partial charge in [0.05, 0.1) is 12.0 Å². The van der Waals surface area contributed by atoms with Crippen LogP contribution in [-0.4, -0.2) is 28.3 Å². The molecular weight excluding hydrogens is 260 g/mol. The van der Waals surface area contributed by atoms with Crippen LogP contribution in [0.25, 0.3) is 0 Å². The lowest BCUT2D eigenvalue weighted by atomic mass is 9.85. The molecule has 0 spiro atoms. The quantitative estimate of drug-likeness (QED) is 0.637. The number of carbonyl (C=O) groups excluding carboxylic acids is 1. The summed E-state index contributed by atoms with van der Waals surface area (Å²) >= 11 is 1.56. The summed E-state index contributed by atoms with van der Waals surface area (Å²) in [5.41, 5.74) is 6.93. The molecule has 4 atom stereocenters. The van der Waals surface area contributed by atoms with Crippen LogP contribution in [0, 0.1) is 11.8 Å². The van der Waals surface area contributed by atoms with Crippen LogP contribution in [0.5, 0.6) is 0 Å². The lowest BCUT2D eigenvalue weighted by molar-refractivity contribution is -0.146. The van der Waals surface area contributed by atoms with E-state index in [0.717, 1.165) is 12.1 Å². The van der Waals surface area contributed by atoms with Crippen LogP contribution in [-0.2, 0) is 9.53 Å². The van der Waals surface area contributed by atoms with Crippen LogP contribution in [0.15, 0.2) is 12.3 Å². The average Bonchev–Trinajstić information content (AvgIpc) is 2.66. The fourth-order valence-corrected chi connectivity index (χ4v) is 4.40. The molecule has 1 saturated carbocycles. The van der Waals surface area contributed by atoms with Crippen LogP contribution in [0.2, 0.25) is 0 Å². The molecule has 0 radical (unpaired) electrons. The number of nitrogens with zero attached hydrogens (tertiary/aromatic N) is 1. The Morgan fingerprint density at radius 1 is 1.53 bits per heavy atom. The third-order valence-electron chi connectivity index (χ3n) is 4.11. The number of ether oxygens (including phenoxy) is 1. The van der Waals surface area contributed by atoms with Gasteiger partial charge in [-0.3, -0.25) is 4.79 Å². The largest absolute Gasteiger partial charge is 0.465 e. The fourth-order valence-electron chi connectivity index (χ4n) is 3.02. The molecule has 4 unspecified atom stereocenters. The maximum Gasteiger partial charge on any atom is 0.317 e. The molecule has 1 aliphatic heterocycles. The predicted octanol–water partition coefficient (Wildman–Crippen LogP) is 2.51. The highest BCUT2D eigenvalue weighted by atomic mass is 32.2. The first kappa shape index (κ1) is 14.7. The van der Waals surface area contributed by atoms with Crippen molar-refractivity contribution < 1.29 is 9.53 Å². The van der Waals surface area contributed by atoms with Crippen LogP contribution in [0.1, 0.15) is 39.5 Å². The molecule has 0 bridgehead atoms. The molecular formula is C14H24N2O2S. The summed E-state index contributed by atoms with van der Waals surface area (Å²) in [6.45, 7) is 8.59. The number of carbonyl (C=O) groups is 1. The maximum atomic E-state index is 12.0. The molecule has 5 heteroatoms. The van der Waals surface area contributed by atoms with Gasteiger partial charge in [0.1, 0.15) is 5.92 Å². The standard InChI is InChI=1S/C14H24N2O2S/c1-4-18-14(17)12-10(3)16(19-13(12)15)11-8-6-5-7-9(11)2/h9,11-13H,3-8,15H2,1-2H3. The van der Waals surface area contributed by atoms with Gasteiger partial charge >= 0.3 is 5.97 Å². The van der Waals surface area contributed by atoms with Crippen LogP contribution >= 0.6 is 11.9 Å². The number of esters is 1. The Kier molecular flexibility index (Phi) is 4.79. The van der Waals surface area contributed by atoms with Crippen LogP contribution < -0.4 is 5.73 Å². The predicted molar refractivity (Wildman–Crippen MR) is 78.1 cm³/mol. The number of hydrogen-bond donors (Lipinski definition) is 1. The van der Waals surface area contributed by atoms with Gasteiger partial charge in [-0.05, 0) is 37.6 Å². The first-order chi connectivity index (χ1) is 9.06. The van der Waals surface area contributed by atoms with Crippen molar-refractivity contribution in [2.24, 2.45) is 17.6 Å². The van der Waals surface area contributed by atoms with E-state index >= 15 is 0 Å². The van der Waals surface area contributed by atoms with Gasteiger partial charge in [0.15, 0.2) is 0 Å². The van der Waals surface area contributed by atoms with Gasteiger partial charge in [-0.25, -0.2) is 0 Å². The lowest BCUT2D eigenvalue weighted by Gasteiger charge is -2.37. The Morgan fingerprint density at radius 2 is 2.21 bits per heavy atom. The van der Waals surface area contributed by atoms with E-state index in [1.807, 2.05) is 6.92 Å². The number of hydrogen-bond acceptors (Lipinski definition) is 5. The van der Waals surface area contributed by atoms with Gasteiger partial charge in [-0.2, -0.15) is 0 Å². The molecule has 0 amide bonds. The second kappa shape index (κ2) is 6.18. The SMILES string of the molecule is C=C1C(C(=O)OCC)C(N)SN1C1CCCCC1C. The highest BCUT2D eigenvalue weighted by Gasteiger charge is 2.44. The normalized spacial score (nSPS) is 35.5. The molecule has 4 nitrogen and oxygen atoms in total. The van der Waals surface area contributed by atoms with Crippen molar-refractivity contribution in [2.75, 3.05) is 6.61 Å². The first-order valence-corrected chi connectivity index (χ1v) is 7.97. The summed E-state index contributed by atoms with van der Waals surface area (Å²) in [5.74, 6) is 0.00341. The maximum absolute atomic E-state index is 12.0. The zero-order chi connectivity index (χ0) is 14.0. The molecule has 19 heavy (non-hydrogen) atoms.